The molecule has 0 saturated carbocycles. The van der Waals surface area contributed by atoms with Crippen LogP contribution in [0.25, 0.3) is 0 Å². The van der Waals surface area contributed by atoms with Crippen LogP contribution in [0.1, 0.15) is 42.5 Å². The van der Waals surface area contributed by atoms with Gasteiger partial charge in [0.05, 0.1) is 16.1 Å². The molecule has 0 radical (unpaired) electrons. The number of carbonyl (C=O) groups is 1. The summed E-state index contributed by atoms with van der Waals surface area (Å²) >= 11 is 12.3. The zero-order valence-corrected chi connectivity index (χ0v) is 15.6. The maximum absolute atomic E-state index is 11.7. The maximum atomic E-state index is 11.7. The third-order valence-electron chi connectivity index (χ3n) is 4.87. The van der Waals surface area contributed by atoms with E-state index < -0.39 is 12.0 Å². The second-order valence-corrected chi connectivity index (χ2v) is 7.22. The normalized spacial score (nSPS) is 19.1. The number of halogens is 2. The van der Waals surface area contributed by atoms with Gasteiger partial charge >= 0.3 is 5.97 Å². The Morgan fingerprint density at radius 2 is 1.84 bits per heavy atom. The Morgan fingerprint density at radius 3 is 2.44 bits per heavy atom. The molecule has 2 aromatic rings. The van der Waals surface area contributed by atoms with E-state index in [0.717, 1.165) is 30.5 Å². The van der Waals surface area contributed by atoms with Crippen molar-refractivity contribution in [1.82, 2.24) is 4.90 Å². The summed E-state index contributed by atoms with van der Waals surface area (Å²) in [6.45, 7) is 2.86. The lowest BCUT2D eigenvalue weighted by Crippen LogP contribution is -2.39. The van der Waals surface area contributed by atoms with Crippen molar-refractivity contribution in [3.8, 4) is 0 Å². The monoisotopic (exact) mass is 377 g/mol. The first kappa shape index (κ1) is 18.2. The first-order valence-electron chi connectivity index (χ1n) is 8.53. The van der Waals surface area contributed by atoms with E-state index in [2.05, 4.69) is 36.1 Å². The molecule has 0 aliphatic carbocycles. The van der Waals surface area contributed by atoms with E-state index in [1.165, 1.54) is 5.56 Å². The lowest BCUT2D eigenvalue weighted by molar-refractivity contribution is -0.142. The van der Waals surface area contributed by atoms with E-state index in [1.807, 2.05) is 12.1 Å². The molecule has 1 N–H and O–H groups in total. The van der Waals surface area contributed by atoms with Crippen molar-refractivity contribution in [2.24, 2.45) is 0 Å². The number of aliphatic carboxylic acids is 1. The molecule has 2 unspecified atom stereocenters. The highest BCUT2D eigenvalue weighted by Gasteiger charge is 2.36. The van der Waals surface area contributed by atoms with Crippen molar-refractivity contribution in [3.63, 3.8) is 0 Å². The van der Waals surface area contributed by atoms with Crippen molar-refractivity contribution in [3.05, 3.63) is 69.2 Å². The number of hydrogen-bond donors (Lipinski definition) is 1. The minimum absolute atomic E-state index is 0.149. The van der Waals surface area contributed by atoms with Gasteiger partial charge < -0.3 is 5.11 Å². The van der Waals surface area contributed by atoms with Gasteiger partial charge in [-0.3, -0.25) is 9.69 Å². The number of aryl methyl sites for hydroxylation is 1. The van der Waals surface area contributed by atoms with Gasteiger partial charge in [0, 0.05) is 6.54 Å². The Morgan fingerprint density at radius 1 is 1.16 bits per heavy atom. The second kappa shape index (κ2) is 7.77. The highest BCUT2D eigenvalue weighted by molar-refractivity contribution is 6.42. The van der Waals surface area contributed by atoms with Gasteiger partial charge in [-0.05, 0) is 48.1 Å². The van der Waals surface area contributed by atoms with Crippen LogP contribution in [-0.4, -0.2) is 28.6 Å². The zero-order chi connectivity index (χ0) is 18.0. The van der Waals surface area contributed by atoms with Crippen molar-refractivity contribution in [2.45, 2.75) is 38.3 Å². The predicted octanol–water partition coefficient (Wildman–Crippen LogP) is 5.19. The van der Waals surface area contributed by atoms with E-state index in [9.17, 15) is 9.90 Å². The van der Waals surface area contributed by atoms with Crippen LogP contribution in [0.2, 0.25) is 10.0 Å². The van der Waals surface area contributed by atoms with E-state index in [4.69, 9.17) is 23.2 Å². The maximum Gasteiger partial charge on any atom is 0.320 e. The first-order valence-corrected chi connectivity index (χ1v) is 9.29. The molecule has 1 aliphatic heterocycles. The fourth-order valence-corrected chi connectivity index (χ4v) is 3.86. The van der Waals surface area contributed by atoms with Gasteiger partial charge in [-0.1, -0.05) is 60.5 Å². The summed E-state index contributed by atoms with van der Waals surface area (Å²) in [6, 6.07) is 13.3. The lowest BCUT2D eigenvalue weighted by atomic mass is 9.95. The van der Waals surface area contributed by atoms with E-state index in [0.29, 0.717) is 16.5 Å². The van der Waals surface area contributed by atoms with Gasteiger partial charge in [-0.2, -0.15) is 0 Å². The van der Waals surface area contributed by atoms with Gasteiger partial charge in [0.2, 0.25) is 0 Å². The molecule has 0 aromatic heterocycles. The van der Waals surface area contributed by atoms with Gasteiger partial charge in [-0.25, -0.2) is 0 Å². The summed E-state index contributed by atoms with van der Waals surface area (Å²) in [7, 11) is 0. The number of carboxylic acid groups (broad SMARTS) is 1. The van der Waals surface area contributed by atoms with Crippen LogP contribution in [0.15, 0.2) is 42.5 Å². The fourth-order valence-electron chi connectivity index (χ4n) is 3.56. The second-order valence-electron chi connectivity index (χ2n) is 6.41. The van der Waals surface area contributed by atoms with Crippen LogP contribution in [-0.2, 0) is 11.2 Å². The standard InChI is InChI=1S/C20H21Cl2NO2/c1-2-13-5-7-14(8-6-13)19(15-9-10-16(21)17(22)12-15)23-11-3-4-18(23)20(24)25/h5-10,12,18-19H,2-4,11H2,1H3,(H,24,25). The van der Waals surface area contributed by atoms with Gasteiger partial charge in [0.1, 0.15) is 6.04 Å². The Bertz CT molecular complexity index is 761. The fraction of sp³-hybridized carbons (Fsp3) is 0.350. The summed E-state index contributed by atoms with van der Waals surface area (Å²) < 4.78 is 0. The van der Waals surface area contributed by atoms with Crippen LogP contribution in [0.4, 0.5) is 0 Å². The van der Waals surface area contributed by atoms with Gasteiger partial charge in [0.15, 0.2) is 0 Å². The summed E-state index contributed by atoms with van der Waals surface area (Å²) in [5, 5.41) is 10.6. The molecule has 0 amide bonds. The highest BCUT2D eigenvalue weighted by atomic mass is 35.5. The van der Waals surface area contributed by atoms with E-state index in [1.54, 1.807) is 6.07 Å². The molecule has 0 spiro atoms. The van der Waals surface area contributed by atoms with E-state index in [-0.39, 0.29) is 6.04 Å². The molecule has 1 fully saturated rings. The van der Waals surface area contributed by atoms with Crippen LogP contribution in [0.3, 0.4) is 0 Å². The Balaban J connectivity index is 2.06. The first-order chi connectivity index (χ1) is 12.0. The number of hydrogen-bond acceptors (Lipinski definition) is 2. The van der Waals surface area contributed by atoms with Crippen LogP contribution >= 0.6 is 23.2 Å². The molecule has 3 rings (SSSR count). The minimum Gasteiger partial charge on any atom is -0.480 e. The van der Waals surface area contributed by atoms with Crippen LogP contribution < -0.4 is 0 Å². The lowest BCUT2D eigenvalue weighted by Gasteiger charge is -2.32. The summed E-state index contributed by atoms with van der Waals surface area (Å²) in [5.74, 6) is -0.771. The molecule has 132 valence electrons. The number of likely N-dealkylation sites (tertiary alicyclic amines) is 1. The minimum atomic E-state index is -0.771. The Labute approximate surface area is 158 Å². The van der Waals surface area contributed by atoms with Gasteiger partial charge in [0.25, 0.3) is 0 Å². The molecule has 1 aliphatic rings. The average molecular weight is 378 g/mol. The predicted molar refractivity (Wildman–Crippen MR) is 101 cm³/mol. The molecule has 1 saturated heterocycles. The SMILES string of the molecule is CCc1ccc(C(c2ccc(Cl)c(Cl)c2)N2CCCC2C(=O)O)cc1. The van der Waals surface area contributed by atoms with Gasteiger partial charge in [-0.15, -0.1) is 0 Å². The number of benzene rings is 2. The zero-order valence-electron chi connectivity index (χ0n) is 14.1. The quantitative estimate of drug-likeness (QED) is 0.778. The summed E-state index contributed by atoms with van der Waals surface area (Å²) in [4.78, 5) is 13.8. The summed E-state index contributed by atoms with van der Waals surface area (Å²) in [6.07, 6.45) is 2.52. The number of carboxylic acids is 1. The van der Waals surface area contributed by atoms with E-state index >= 15 is 0 Å². The topological polar surface area (TPSA) is 40.5 Å². The molecule has 1 heterocycles. The third kappa shape index (κ3) is 3.84. The number of rotatable bonds is 5. The molecule has 2 atom stereocenters. The Kier molecular flexibility index (Phi) is 5.67. The molecule has 3 nitrogen and oxygen atoms in total. The largest absolute Gasteiger partial charge is 0.480 e. The van der Waals surface area contributed by atoms with Crippen molar-refractivity contribution in [1.29, 1.82) is 0 Å². The van der Waals surface area contributed by atoms with Crippen molar-refractivity contribution >= 4 is 29.2 Å². The molecular formula is C20H21Cl2NO2. The van der Waals surface area contributed by atoms with Crippen LogP contribution in [0.5, 0.6) is 0 Å². The smallest absolute Gasteiger partial charge is 0.320 e. The molecule has 25 heavy (non-hydrogen) atoms. The number of nitrogens with zero attached hydrogens (tertiary/aromatic N) is 1. The van der Waals surface area contributed by atoms with Crippen molar-refractivity contribution in [2.75, 3.05) is 6.54 Å². The average Bonchev–Trinajstić information content (AvgIpc) is 3.08. The third-order valence-corrected chi connectivity index (χ3v) is 5.61. The molecule has 2 aromatic carbocycles. The molecule has 0 bridgehead atoms. The Hall–Kier alpha value is -1.55. The highest BCUT2D eigenvalue weighted by Crippen LogP contribution is 2.37. The van der Waals surface area contributed by atoms with Crippen LogP contribution in [0, 0.1) is 0 Å². The molecular weight excluding hydrogens is 357 g/mol. The van der Waals surface area contributed by atoms with Crippen molar-refractivity contribution < 1.29 is 9.90 Å². The molecule has 5 heteroatoms. The summed E-state index contributed by atoms with van der Waals surface area (Å²) in [5.41, 5.74) is 3.29.